The van der Waals surface area contributed by atoms with E-state index in [1.807, 2.05) is 28.3 Å². The van der Waals surface area contributed by atoms with Gasteiger partial charge in [0, 0.05) is 62.7 Å². The number of hydrogen-bond donors (Lipinski definition) is 1. The lowest BCUT2D eigenvalue weighted by Crippen LogP contribution is -2.55. The number of nitrogens with one attached hydrogen (secondary N) is 1. The van der Waals surface area contributed by atoms with Crippen LogP contribution < -0.4 is 4.90 Å². The van der Waals surface area contributed by atoms with Gasteiger partial charge in [-0.2, -0.15) is 5.26 Å². The number of rotatable bonds is 2. The fourth-order valence-electron chi connectivity index (χ4n) is 4.65. The molecule has 0 aliphatic carbocycles. The molecule has 0 radical (unpaired) electrons. The van der Waals surface area contributed by atoms with Crippen LogP contribution in [-0.2, 0) is 0 Å². The molecule has 28 heavy (non-hydrogen) atoms. The first-order valence-corrected chi connectivity index (χ1v) is 10.1. The number of likely N-dealkylation sites (N-methyl/N-ethyl adjacent to an activating group) is 1. The summed E-state index contributed by atoms with van der Waals surface area (Å²) < 4.78 is 0. The Balaban J connectivity index is 1.51. The molecule has 0 saturated carbocycles. The van der Waals surface area contributed by atoms with E-state index in [4.69, 9.17) is 0 Å². The number of carbonyl (C=O) groups is 1. The summed E-state index contributed by atoms with van der Waals surface area (Å²) in [5, 5.41) is 10.4. The number of aromatic nitrogens is 2. The molecule has 7 nitrogen and oxygen atoms in total. The molecule has 148 valence electrons. The summed E-state index contributed by atoms with van der Waals surface area (Å²) in [7, 11) is 2.11. The number of urea groups is 1. The highest BCUT2D eigenvalue weighted by Crippen LogP contribution is 2.31. The average Bonchev–Trinajstić information content (AvgIpc) is 3.33. The van der Waals surface area contributed by atoms with E-state index >= 15 is 0 Å². The number of H-pyrrole nitrogens is 1. The number of aromatic amines is 1. The molecule has 1 N–H and O–H groups in total. The summed E-state index contributed by atoms with van der Waals surface area (Å²) in [5.74, 6) is 0.681. The summed E-state index contributed by atoms with van der Waals surface area (Å²) in [6.45, 7) is 7.04. The normalized spacial score (nSPS) is 27.8. The minimum atomic E-state index is -0.0511. The second kappa shape index (κ2) is 7.34. The Morgan fingerprint density at radius 3 is 2.82 bits per heavy atom. The largest absolute Gasteiger partial charge is 0.369 e. The smallest absolute Gasteiger partial charge is 0.320 e. The van der Waals surface area contributed by atoms with Crippen LogP contribution in [0, 0.1) is 29.1 Å². The van der Waals surface area contributed by atoms with Crippen molar-refractivity contribution in [3.05, 3.63) is 24.5 Å². The first-order chi connectivity index (χ1) is 13.5. The third kappa shape index (κ3) is 3.17. The van der Waals surface area contributed by atoms with Crippen LogP contribution >= 0.6 is 0 Å². The number of anilines is 1. The van der Waals surface area contributed by atoms with Crippen molar-refractivity contribution in [2.45, 2.75) is 26.3 Å². The zero-order valence-electron chi connectivity index (χ0n) is 16.8. The minimum absolute atomic E-state index is 0.0511. The summed E-state index contributed by atoms with van der Waals surface area (Å²) in [6, 6.07) is 6.76. The molecule has 0 aromatic carbocycles. The lowest BCUT2D eigenvalue weighted by Gasteiger charge is -2.43. The van der Waals surface area contributed by atoms with Gasteiger partial charge in [-0.05, 0) is 30.4 Å². The quantitative estimate of drug-likeness (QED) is 0.869. The number of nitrogens with zero attached hydrogens (tertiary/aromatic N) is 5. The Morgan fingerprint density at radius 2 is 2.07 bits per heavy atom. The molecular formula is C21H28N6O. The molecule has 4 atom stereocenters. The maximum Gasteiger partial charge on any atom is 0.320 e. The van der Waals surface area contributed by atoms with E-state index in [1.54, 1.807) is 0 Å². The van der Waals surface area contributed by atoms with Gasteiger partial charge in [-0.25, -0.2) is 9.78 Å². The van der Waals surface area contributed by atoms with Crippen LogP contribution in [0.4, 0.5) is 10.5 Å². The van der Waals surface area contributed by atoms with Gasteiger partial charge in [0.1, 0.15) is 5.65 Å². The zero-order chi connectivity index (χ0) is 19.8. The van der Waals surface area contributed by atoms with Gasteiger partial charge in [-0.3, -0.25) is 0 Å². The molecule has 0 spiro atoms. The second-order valence-electron chi connectivity index (χ2n) is 8.36. The first-order valence-electron chi connectivity index (χ1n) is 10.1. The van der Waals surface area contributed by atoms with Crippen LogP contribution in [0.2, 0.25) is 0 Å². The number of amides is 2. The number of nitriles is 1. The fourth-order valence-corrected chi connectivity index (χ4v) is 4.65. The molecule has 4 rings (SSSR count). The molecule has 2 aliphatic heterocycles. The van der Waals surface area contributed by atoms with E-state index < -0.39 is 0 Å². The van der Waals surface area contributed by atoms with Gasteiger partial charge < -0.3 is 19.7 Å². The van der Waals surface area contributed by atoms with Crippen LogP contribution in [0.15, 0.2) is 24.5 Å². The maximum absolute atomic E-state index is 13.1. The Hall–Kier alpha value is -2.75. The molecule has 2 unspecified atom stereocenters. The number of carbonyl (C=O) groups excluding carboxylic acids is 1. The van der Waals surface area contributed by atoms with Crippen LogP contribution in [0.5, 0.6) is 0 Å². The topological polar surface area (TPSA) is 79.3 Å². The van der Waals surface area contributed by atoms with Crippen molar-refractivity contribution in [1.82, 2.24) is 19.8 Å². The molecule has 2 aromatic heterocycles. The SMILES string of the molecule is CC1CN(C(=O)N2CC[C@@H](C)[C@@H](N(C)c3ccnc4[nH]ccc34)C2)CC1C#N. The van der Waals surface area contributed by atoms with E-state index in [1.165, 1.54) is 0 Å². The van der Waals surface area contributed by atoms with Crippen molar-refractivity contribution in [1.29, 1.82) is 5.26 Å². The highest BCUT2D eigenvalue weighted by atomic mass is 16.2. The Kier molecular flexibility index (Phi) is 4.88. The van der Waals surface area contributed by atoms with Crippen LogP contribution in [0.3, 0.4) is 0 Å². The molecule has 0 bridgehead atoms. The molecule has 2 aromatic rings. The van der Waals surface area contributed by atoms with Gasteiger partial charge in [-0.1, -0.05) is 13.8 Å². The molecular weight excluding hydrogens is 352 g/mol. The van der Waals surface area contributed by atoms with Gasteiger partial charge in [0.05, 0.1) is 12.0 Å². The van der Waals surface area contributed by atoms with Gasteiger partial charge in [-0.15, -0.1) is 0 Å². The third-order valence-corrected chi connectivity index (χ3v) is 6.55. The van der Waals surface area contributed by atoms with Crippen molar-refractivity contribution in [3.8, 4) is 6.07 Å². The number of fused-ring (bicyclic) bond motifs is 1. The predicted molar refractivity (Wildman–Crippen MR) is 109 cm³/mol. The standard InChI is InChI=1S/C21H28N6O/c1-14-6-9-26(21(28)27-11-15(2)16(10-22)12-27)13-19(14)25(3)18-5-8-24-20-17(18)4-7-23-20/h4-5,7-8,14-16,19H,6,9,11-13H2,1-3H3,(H,23,24)/t14-,15?,16?,19+/m1/s1. The monoisotopic (exact) mass is 380 g/mol. The zero-order valence-corrected chi connectivity index (χ0v) is 16.8. The highest BCUT2D eigenvalue weighted by Gasteiger charge is 2.38. The van der Waals surface area contributed by atoms with Gasteiger partial charge in [0.15, 0.2) is 0 Å². The van der Waals surface area contributed by atoms with E-state index in [0.29, 0.717) is 25.6 Å². The van der Waals surface area contributed by atoms with E-state index in [9.17, 15) is 10.1 Å². The number of piperidine rings is 1. The number of pyridine rings is 1. The van der Waals surface area contributed by atoms with Crippen LogP contribution in [-0.4, -0.2) is 65.1 Å². The molecule has 7 heteroatoms. The van der Waals surface area contributed by atoms with Crippen molar-refractivity contribution in [3.63, 3.8) is 0 Å². The molecule has 2 aliphatic rings. The predicted octanol–water partition coefficient (Wildman–Crippen LogP) is 2.92. The molecule has 2 saturated heterocycles. The number of hydrogen-bond acceptors (Lipinski definition) is 4. The second-order valence-corrected chi connectivity index (χ2v) is 8.36. The van der Waals surface area contributed by atoms with Crippen molar-refractivity contribution < 1.29 is 4.79 Å². The van der Waals surface area contributed by atoms with Crippen molar-refractivity contribution in [2.75, 3.05) is 38.1 Å². The fraction of sp³-hybridized carbons (Fsp3) is 0.571. The summed E-state index contributed by atoms with van der Waals surface area (Å²) in [4.78, 5) is 26.8. The summed E-state index contributed by atoms with van der Waals surface area (Å²) in [6.07, 6.45) is 4.72. The van der Waals surface area contributed by atoms with E-state index in [2.05, 4.69) is 47.9 Å². The number of likely N-dealkylation sites (tertiary alicyclic amines) is 2. The van der Waals surface area contributed by atoms with Crippen molar-refractivity contribution >= 4 is 22.8 Å². The Labute approximate surface area is 165 Å². The van der Waals surface area contributed by atoms with Gasteiger partial charge in [0.2, 0.25) is 0 Å². The van der Waals surface area contributed by atoms with Crippen LogP contribution in [0.25, 0.3) is 11.0 Å². The van der Waals surface area contributed by atoms with Crippen LogP contribution in [0.1, 0.15) is 20.3 Å². The Morgan fingerprint density at radius 1 is 1.25 bits per heavy atom. The van der Waals surface area contributed by atoms with Gasteiger partial charge in [0.25, 0.3) is 0 Å². The molecule has 2 fully saturated rings. The molecule has 4 heterocycles. The lowest BCUT2D eigenvalue weighted by molar-refractivity contribution is 0.132. The lowest BCUT2D eigenvalue weighted by atomic mass is 9.92. The minimum Gasteiger partial charge on any atom is -0.369 e. The molecule has 2 amide bonds. The Bertz CT molecular complexity index is 902. The van der Waals surface area contributed by atoms with Crippen molar-refractivity contribution in [2.24, 2.45) is 17.8 Å². The highest BCUT2D eigenvalue weighted by molar-refractivity contribution is 5.89. The van der Waals surface area contributed by atoms with Gasteiger partial charge >= 0.3 is 6.03 Å². The van der Waals surface area contributed by atoms with E-state index in [-0.39, 0.29) is 23.9 Å². The first kappa shape index (κ1) is 18.6. The van der Waals surface area contributed by atoms with E-state index in [0.717, 1.165) is 29.7 Å². The summed E-state index contributed by atoms with van der Waals surface area (Å²) >= 11 is 0. The summed E-state index contributed by atoms with van der Waals surface area (Å²) in [5.41, 5.74) is 2.02. The average molecular weight is 380 g/mol. The third-order valence-electron chi connectivity index (χ3n) is 6.55. The maximum atomic E-state index is 13.1.